The van der Waals surface area contributed by atoms with Crippen molar-refractivity contribution in [1.82, 2.24) is 10.3 Å². The highest BCUT2D eigenvalue weighted by Gasteiger charge is 2.14. The van der Waals surface area contributed by atoms with Crippen LogP contribution in [0.25, 0.3) is 10.9 Å². The van der Waals surface area contributed by atoms with Gasteiger partial charge in [0, 0.05) is 24.4 Å². The average Bonchev–Trinajstić information content (AvgIpc) is 3.06. The maximum atomic E-state index is 11.3. The van der Waals surface area contributed by atoms with Crippen molar-refractivity contribution in [2.24, 2.45) is 0 Å². The number of ether oxygens (including phenoxy) is 2. The molecule has 3 rings (SSSR count). The zero-order valence-corrected chi connectivity index (χ0v) is 15.4. The number of fused-ring (bicyclic) bond motifs is 1. The first-order valence-electron chi connectivity index (χ1n) is 8.28. The van der Waals surface area contributed by atoms with Crippen LogP contribution in [0.2, 0.25) is 0 Å². The second-order valence-corrected chi connectivity index (χ2v) is 5.74. The Morgan fingerprint density at radius 2 is 1.78 bits per heavy atom. The summed E-state index contributed by atoms with van der Waals surface area (Å²) in [6.07, 6.45) is 0. The molecule has 0 bridgehead atoms. The average molecular weight is 370 g/mol. The molecular weight excluding hydrogens is 348 g/mol. The Balaban J connectivity index is 0.000000817. The number of hydrogen-bond acceptors (Lipinski definition) is 5. The molecule has 0 aliphatic carbocycles. The summed E-state index contributed by atoms with van der Waals surface area (Å²) in [5.41, 5.74) is 1.53. The number of esters is 1. The molecular formula is C20H22N2O5. The van der Waals surface area contributed by atoms with Crippen LogP contribution in [-0.4, -0.2) is 36.1 Å². The van der Waals surface area contributed by atoms with Gasteiger partial charge < -0.3 is 24.9 Å². The Morgan fingerprint density at radius 1 is 1.11 bits per heavy atom. The quantitative estimate of drug-likeness (QED) is 0.471. The zero-order chi connectivity index (χ0) is 19.8. The summed E-state index contributed by atoms with van der Waals surface area (Å²) in [6.45, 7) is 1.63. The van der Waals surface area contributed by atoms with Gasteiger partial charge in [-0.25, -0.2) is 4.79 Å². The van der Waals surface area contributed by atoms with Crippen molar-refractivity contribution >= 4 is 22.8 Å². The fourth-order valence-electron chi connectivity index (χ4n) is 2.36. The van der Waals surface area contributed by atoms with Crippen molar-refractivity contribution in [1.29, 1.82) is 0 Å². The minimum atomic E-state index is -1.09. The molecule has 0 unspecified atom stereocenters. The molecule has 0 atom stereocenters. The lowest BCUT2D eigenvalue weighted by Gasteiger charge is -2.09. The van der Waals surface area contributed by atoms with Crippen molar-refractivity contribution in [3.05, 3.63) is 59.8 Å². The van der Waals surface area contributed by atoms with Crippen LogP contribution in [-0.2, 0) is 11.4 Å². The van der Waals surface area contributed by atoms with Crippen LogP contribution >= 0.6 is 0 Å². The first kappa shape index (κ1) is 20.0. The van der Waals surface area contributed by atoms with Gasteiger partial charge in [-0.05, 0) is 25.7 Å². The SMILES string of the molecule is CC(=O)Oc1cc(OCc2ccccc2)cc2[nH]c(C(=O)O)cc12.CNC. The van der Waals surface area contributed by atoms with Gasteiger partial charge in [0.15, 0.2) is 0 Å². The molecule has 2 aromatic carbocycles. The van der Waals surface area contributed by atoms with Crippen LogP contribution in [0.5, 0.6) is 11.5 Å². The van der Waals surface area contributed by atoms with E-state index in [-0.39, 0.29) is 11.4 Å². The van der Waals surface area contributed by atoms with E-state index >= 15 is 0 Å². The highest BCUT2D eigenvalue weighted by molar-refractivity contribution is 5.97. The third-order valence-corrected chi connectivity index (χ3v) is 3.41. The first-order valence-corrected chi connectivity index (χ1v) is 8.28. The van der Waals surface area contributed by atoms with E-state index in [1.165, 1.54) is 13.0 Å². The molecule has 3 aromatic rings. The number of H-pyrrole nitrogens is 1. The zero-order valence-electron chi connectivity index (χ0n) is 15.4. The minimum absolute atomic E-state index is 0.0126. The Bertz CT molecular complexity index is 919. The molecule has 3 N–H and O–H groups in total. The predicted octanol–water partition coefficient (Wildman–Crippen LogP) is 3.21. The van der Waals surface area contributed by atoms with Gasteiger partial charge in [0.1, 0.15) is 23.8 Å². The highest BCUT2D eigenvalue weighted by Crippen LogP contribution is 2.32. The third-order valence-electron chi connectivity index (χ3n) is 3.41. The third kappa shape index (κ3) is 5.58. The number of hydrogen-bond donors (Lipinski definition) is 3. The number of carboxylic acid groups (broad SMARTS) is 1. The van der Waals surface area contributed by atoms with E-state index in [1.807, 2.05) is 44.4 Å². The number of aromatic nitrogens is 1. The summed E-state index contributed by atoms with van der Waals surface area (Å²) < 4.78 is 10.9. The summed E-state index contributed by atoms with van der Waals surface area (Å²) >= 11 is 0. The summed E-state index contributed by atoms with van der Waals surface area (Å²) in [6, 6.07) is 14.3. The van der Waals surface area contributed by atoms with Crippen molar-refractivity contribution < 1.29 is 24.2 Å². The van der Waals surface area contributed by atoms with Crippen LogP contribution in [0.1, 0.15) is 23.0 Å². The van der Waals surface area contributed by atoms with E-state index in [9.17, 15) is 9.59 Å². The molecule has 1 aromatic heterocycles. The molecule has 0 fully saturated rings. The van der Waals surface area contributed by atoms with Gasteiger partial charge in [-0.1, -0.05) is 30.3 Å². The number of carbonyl (C=O) groups excluding carboxylic acids is 1. The number of aromatic carboxylic acids is 1. The predicted molar refractivity (Wildman–Crippen MR) is 102 cm³/mol. The maximum Gasteiger partial charge on any atom is 0.352 e. The lowest BCUT2D eigenvalue weighted by atomic mass is 10.2. The van der Waals surface area contributed by atoms with Crippen LogP contribution in [0.3, 0.4) is 0 Å². The molecule has 142 valence electrons. The van der Waals surface area contributed by atoms with Crippen LogP contribution in [0.4, 0.5) is 0 Å². The molecule has 0 amide bonds. The van der Waals surface area contributed by atoms with E-state index < -0.39 is 11.9 Å². The van der Waals surface area contributed by atoms with Crippen molar-refractivity contribution in [2.75, 3.05) is 14.1 Å². The van der Waals surface area contributed by atoms with Gasteiger partial charge in [0.25, 0.3) is 0 Å². The molecule has 0 aliphatic heterocycles. The fraction of sp³-hybridized carbons (Fsp3) is 0.200. The molecule has 0 spiro atoms. The molecule has 1 heterocycles. The summed E-state index contributed by atoms with van der Waals surface area (Å²) in [5.74, 6) is -0.852. The Hall–Kier alpha value is -3.32. The normalized spacial score (nSPS) is 10.0. The van der Waals surface area contributed by atoms with Gasteiger partial charge in [-0.15, -0.1) is 0 Å². The van der Waals surface area contributed by atoms with Crippen LogP contribution in [0.15, 0.2) is 48.5 Å². The molecule has 0 aliphatic rings. The number of rotatable bonds is 5. The minimum Gasteiger partial charge on any atom is -0.489 e. The monoisotopic (exact) mass is 370 g/mol. The molecule has 0 saturated heterocycles. The topological polar surface area (TPSA) is 101 Å². The van der Waals surface area contributed by atoms with Gasteiger partial charge in [-0.3, -0.25) is 4.79 Å². The van der Waals surface area contributed by atoms with Gasteiger partial charge in [-0.2, -0.15) is 0 Å². The number of aromatic amines is 1. The maximum absolute atomic E-state index is 11.3. The summed E-state index contributed by atoms with van der Waals surface area (Å²) in [5, 5.41) is 12.4. The summed E-state index contributed by atoms with van der Waals surface area (Å²) in [4.78, 5) is 25.2. The van der Waals surface area contributed by atoms with Crippen LogP contribution in [0, 0.1) is 0 Å². The standard InChI is InChI=1S/C18H15NO5.C2H7N/c1-11(20)24-17-8-13(23-10-12-5-3-2-4-6-12)7-15-14(17)9-16(19-15)18(21)22;1-3-2/h2-9,19H,10H2,1H3,(H,21,22);3H,1-2H3. The molecule has 7 heteroatoms. The number of carboxylic acids is 1. The van der Waals surface area contributed by atoms with E-state index in [0.29, 0.717) is 23.3 Å². The largest absolute Gasteiger partial charge is 0.489 e. The van der Waals surface area contributed by atoms with E-state index in [0.717, 1.165) is 5.56 Å². The van der Waals surface area contributed by atoms with Crippen molar-refractivity contribution in [2.45, 2.75) is 13.5 Å². The number of nitrogens with one attached hydrogen (secondary N) is 2. The molecule has 0 saturated carbocycles. The van der Waals surface area contributed by atoms with E-state index in [1.54, 1.807) is 12.1 Å². The first-order chi connectivity index (χ1) is 12.9. The lowest BCUT2D eigenvalue weighted by Crippen LogP contribution is -2.02. The van der Waals surface area contributed by atoms with Crippen LogP contribution < -0.4 is 14.8 Å². The summed E-state index contributed by atoms with van der Waals surface area (Å²) in [7, 11) is 3.75. The Kier molecular flexibility index (Phi) is 6.96. The fourth-order valence-corrected chi connectivity index (χ4v) is 2.36. The smallest absolute Gasteiger partial charge is 0.352 e. The molecule has 0 radical (unpaired) electrons. The van der Waals surface area contributed by atoms with Gasteiger partial charge >= 0.3 is 11.9 Å². The lowest BCUT2D eigenvalue weighted by molar-refractivity contribution is -0.131. The van der Waals surface area contributed by atoms with Gasteiger partial charge in [0.05, 0.1) is 5.52 Å². The van der Waals surface area contributed by atoms with Crippen molar-refractivity contribution in [3.8, 4) is 11.5 Å². The Morgan fingerprint density at radius 3 is 2.37 bits per heavy atom. The molecule has 27 heavy (non-hydrogen) atoms. The second kappa shape index (κ2) is 9.40. The Labute approximate surface area is 156 Å². The highest BCUT2D eigenvalue weighted by atomic mass is 16.5. The number of benzene rings is 2. The molecule has 7 nitrogen and oxygen atoms in total. The number of carbonyl (C=O) groups is 2. The van der Waals surface area contributed by atoms with Crippen molar-refractivity contribution in [3.63, 3.8) is 0 Å². The second-order valence-electron chi connectivity index (χ2n) is 5.74. The van der Waals surface area contributed by atoms with Gasteiger partial charge in [0.2, 0.25) is 0 Å². The van der Waals surface area contributed by atoms with E-state index in [2.05, 4.69) is 10.3 Å². The van der Waals surface area contributed by atoms with E-state index in [4.69, 9.17) is 14.6 Å².